The quantitative estimate of drug-likeness (QED) is 0.136. The molecular formula is C99H63N9. The van der Waals surface area contributed by atoms with Crippen molar-refractivity contribution in [2.24, 2.45) is 0 Å². The Labute approximate surface area is 621 Å². The molecule has 0 aliphatic heterocycles. The summed E-state index contributed by atoms with van der Waals surface area (Å²) in [4.78, 5) is 25.0. The van der Waals surface area contributed by atoms with E-state index in [2.05, 4.69) is 316 Å². The van der Waals surface area contributed by atoms with Gasteiger partial charge in [0.2, 0.25) is 0 Å². The Morgan fingerprint density at radius 2 is 0.444 bits per heavy atom. The Morgan fingerprint density at radius 3 is 0.870 bits per heavy atom. The van der Waals surface area contributed by atoms with Crippen LogP contribution in [0, 0.1) is 0 Å². The largest absolute Gasteiger partial charge is 0.309 e. The highest BCUT2D eigenvalue weighted by molar-refractivity contribution is 6.30. The van der Waals surface area contributed by atoms with Crippen LogP contribution in [-0.2, 0) is 0 Å². The standard InChI is InChI=1S/C50H32N4.C49H31N5/c1-4-14-33(15-5-1)42-32-43(52-50(51-42)34-16-6-2-7-17-34)37-25-24-36-31-39(27-26-35(36)30-37)54-45-23-13-11-21-41(45)49-47(54)29-28-46-48(49)40-20-10-12-22-44(40)53(46)38-18-8-3-9-19-38;1-4-14-33(15-5-1)47-50-48(34-16-6-2-7-17-34)52-49(51-47)35-25-24-32-26-27-38(31-36(32)30-35)54-42-23-13-11-21-40(42)46-44(54)29-28-43-45(46)39-20-10-12-22-41(39)53(43)37-18-8-3-9-19-37/h1-32H;1-31H. The fourth-order valence-electron chi connectivity index (χ4n) is 16.4. The van der Waals surface area contributed by atoms with Gasteiger partial charge in [-0.2, -0.15) is 0 Å². The van der Waals surface area contributed by atoms with Crippen molar-refractivity contribution in [2.45, 2.75) is 0 Å². The van der Waals surface area contributed by atoms with E-state index in [1.807, 2.05) is 84.9 Å². The smallest absolute Gasteiger partial charge is 0.164 e. The SMILES string of the molecule is c1ccc(-c2cc(-c3ccc4cc(-n5c6ccccc6c6c7c8ccccc8n(-c8ccccc8)c7ccc65)ccc4c3)nc(-c3ccccc3)n2)cc1.c1ccc(-c2nc(-c3ccccc3)nc(-c3ccc4ccc(-n5c6ccccc6c6c7c8ccccc8n(-c8ccccc8)c7ccc65)cc4c3)n2)cc1. The number of rotatable bonds is 10. The van der Waals surface area contributed by atoms with Crippen molar-refractivity contribution in [3.05, 3.63) is 382 Å². The third-order valence-corrected chi connectivity index (χ3v) is 21.2. The summed E-state index contributed by atoms with van der Waals surface area (Å²) in [5.41, 5.74) is 21.9. The molecule has 6 aromatic heterocycles. The number of hydrogen-bond acceptors (Lipinski definition) is 5. The van der Waals surface area contributed by atoms with Gasteiger partial charge in [-0.25, -0.2) is 24.9 Å². The number of hydrogen-bond donors (Lipinski definition) is 0. The lowest BCUT2D eigenvalue weighted by atomic mass is 10.0. The summed E-state index contributed by atoms with van der Waals surface area (Å²) in [5, 5.41) is 14.7. The zero-order valence-corrected chi connectivity index (χ0v) is 58.4. The molecule has 0 bridgehead atoms. The van der Waals surface area contributed by atoms with Gasteiger partial charge in [-0.05, 0) is 137 Å². The van der Waals surface area contributed by atoms with Gasteiger partial charge in [0.15, 0.2) is 23.3 Å². The predicted molar refractivity (Wildman–Crippen MR) is 447 cm³/mol. The minimum absolute atomic E-state index is 0.643. The summed E-state index contributed by atoms with van der Waals surface area (Å²) in [6.07, 6.45) is 0. The maximum absolute atomic E-state index is 5.08. The normalized spacial score (nSPS) is 11.7. The van der Waals surface area contributed by atoms with Gasteiger partial charge < -0.3 is 18.3 Å². The molecule has 0 radical (unpaired) electrons. The second-order valence-electron chi connectivity index (χ2n) is 27.5. The van der Waals surface area contributed by atoms with Gasteiger partial charge in [0.05, 0.1) is 55.5 Å². The highest BCUT2D eigenvalue weighted by Gasteiger charge is 2.24. The van der Waals surface area contributed by atoms with Crippen molar-refractivity contribution < 1.29 is 0 Å². The number of para-hydroxylation sites is 6. The summed E-state index contributed by atoms with van der Waals surface area (Å²) in [5.74, 6) is 2.66. The maximum Gasteiger partial charge on any atom is 0.164 e. The van der Waals surface area contributed by atoms with Gasteiger partial charge in [0.1, 0.15) is 0 Å². The fourth-order valence-corrected chi connectivity index (χ4v) is 16.4. The second-order valence-corrected chi connectivity index (χ2v) is 27.5. The molecule has 0 aliphatic rings. The summed E-state index contributed by atoms with van der Waals surface area (Å²) in [6.45, 7) is 0. The minimum Gasteiger partial charge on any atom is -0.309 e. The molecule has 0 atom stereocenters. The Kier molecular flexibility index (Phi) is 14.7. The van der Waals surface area contributed by atoms with E-state index >= 15 is 0 Å². The van der Waals surface area contributed by atoms with Gasteiger partial charge in [-0.1, -0.05) is 267 Å². The predicted octanol–water partition coefficient (Wildman–Crippen LogP) is 25.0. The van der Waals surface area contributed by atoms with Crippen molar-refractivity contribution in [2.75, 3.05) is 0 Å². The van der Waals surface area contributed by atoms with E-state index in [0.29, 0.717) is 17.5 Å². The Balaban J connectivity index is 0.000000138. The van der Waals surface area contributed by atoms with E-state index in [4.69, 9.17) is 24.9 Å². The van der Waals surface area contributed by atoms with E-state index in [1.165, 1.54) is 92.6 Å². The monoisotopic (exact) mass is 1380 g/mol. The first-order valence-corrected chi connectivity index (χ1v) is 36.5. The van der Waals surface area contributed by atoms with Crippen LogP contribution in [0.3, 0.4) is 0 Å². The van der Waals surface area contributed by atoms with Crippen LogP contribution in [-0.4, -0.2) is 43.2 Å². The van der Waals surface area contributed by atoms with Gasteiger partial charge in [0.25, 0.3) is 0 Å². The van der Waals surface area contributed by atoms with Crippen molar-refractivity contribution in [3.63, 3.8) is 0 Å². The molecule has 9 nitrogen and oxygen atoms in total. The number of fused-ring (bicyclic) bond motifs is 16. The number of benzene rings is 16. The first-order valence-electron chi connectivity index (χ1n) is 36.5. The van der Waals surface area contributed by atoms with Crippen LogP contribution in [0.25, 0.3) is 200 Å². The van der Waals surface area contributed by atoms with E-state index in [1.54, 1.807) is 0 Å². The molecule has 0 saturated heterocycles. The fraction of sp³-hybridized carbons (Fsp3) is 0. The highest BCUT2D eigenvalue weighted by Crippen LogP contribution is 2.46. The van der Waals surface area contributed by atoms with E-state index < -0.39 is 0 Å². The summed E-state index contributed by atoms with van der Waals surface area (Å²) in [6, 6.07) is 135. The molecule has 0 N–H and O–H groups in total. The lowest BCUT2D eigenvalue weighted by Crippen LogP contribution is -2.00. The Morgan fingerprint density at radius 1 is 0.157 bits per heavy atom. The molecule has 22 rings (SSSR count). The first kappa shape index (κ1) is 61.9. The van der Waals surface area contributed by atoms with Gasteiger partial charge in [-0.3, -0.25) is 0 Å². The van der Waals surface area contributed by atoms with Crippen LogP contribution < -0.4 is 0 Å². The van der Waals surface area contributed by atoms with Crippen LogP contribution in [0.4, 0.5) is 0 Å². The van der Waals surface area contributed by atoms with Gasteiger partial charge >= 0.3 is 0 Å². The zero-order chi connectivity index (χ0) is 71.2. The molecule has 0 aliphatic carbocycles. The Bertz CT molecular complexity index is 7150. The topological polar surface area (TPSA) is 84.2 Å². The van der Waals surface area contributed by atoms with Crippen LogP contribution in [0.15, 0.2) is 382 Å². The van der Waals surface area contributed by atoms with Gasteiger partial charge in [-0.15, -0.1) is 0 Å². The third-order valence-electron chi connectivity index (χ3n) is 21.2. The molecule has 0 saturated carbocycles. The molecule has 504 valence electrons. The first-order chi connectivity index (χ1) is 53.6. The highest BCUT2D eigenvalue weighted by atomic mass is 15.0. The van der Waals surface area contributed by atoms with E-state index in [-0.39, 0.29) is 0 Å². The molecule has 22 aromatic rings. The molecule has 0 spiro atoms. The van der Waals surface area contributed by atoms with Crippen molar-refractivity contribution in [1.82, 2.24) is 43.2 Å². The molecule has 9 heteroatoms. The molecular weight excluding hydrogens is 1320 g/mol. The molecule has 6 heterocycles. The van der Waals surface area contributed by atoms with Crippen LogP contribution in [0.2, 0.25) is 0 Å². The molecule has 108 heavy (non-hydrogen) atoms. The van der Waals surface area contributed by atoms with Crippen LogP contribution in [0.5, 0.6) is 0 Å². The maximum atomic E-state index is 5.08. The van der Waals surface area contributed by atoms with Gasteiger partial charge in [0, 0.05) is 99.2 Å². The van der Waals surface area contributed by atoms with E-state index in [9.17, 15) is 0 Å². The number of aromatic nitrogens is 9. The van der Waals surface area contributed by atoms with Crippen LogP contribution in [0.1, 0.15) is 0 Å². The van der Waals surface area contributed by atoms with Crippen molar-refractivity contribution >= 4 is 109 Å². The third kappa shape index (κ3) is 10.4. The second kappa shape index (κ2) is 25.6. The van der Waals surface area contributed by atoms with Crippen molar-refractivity contribution in [3.8, 4) is 90.8 Å². The van der Waals surface area contributed by atoms with Crippen molar-refractivity contribution in [1.29, 1.82) is 0 Å². The summed E-state index contributed by atoms with van der Waals surface area (Å²) >= 11 is 0. The Hall–Kier alpha value is -14.7. The molecule has 16 aromatic carbocycles. The zero-order valence-electron chi connectivity index (χ0n) is 58.4. The molecule has 0 unspecified atom stereocenters. The number of nitrogens with zero attached hydrogens (tertiary/aromatic N) is 9. The summed E-state index contributed by atoms with van der Waals surface area (Å²) < 4.78 is 9.62. The van der Waals surface area contributed by atoms with E-state index in [0.717, 1.165) is 89.5 Å². The summed E-state index contributed by atoms with van der Waals surface area (Å²) in [7, 11) is 0. The average Bonchev–Trinajstić information content (AvgIpc) is 1.55. The lowest BCUT2D eigenvalue weighted by molar-refractivity contribution is 1.07. The molecule has 0 fully saturated rings. The lowest BCUT2D eigenvalue weighted by Gasteiger charge is -2.12. The van der Waals surface area contributed by atoms with Crippen LogP contribution >= 0.6 is 0 Å². The minimum atomic E-state index is 0.643. The average molecular weight is 1380 g/mol. The molecule has 0 amide bonds.